The van der Waals surface area contributed by atoms with E-state index in [0.29, 0.717) is 24.3 Å². The fourth-order valence-electron chi connectivity index (χ4n) is 2.12. The topological polar surface area (TPSA) is 51.2 Å². The van der Waals surface area contributed by atoms with E-state index in [0.717, 1.165) is 0 Å². The molecule has 1 fully saturated rings. The molecule has 0 saturated heterocycles. The van der Waals surface area contributed by atoms with Gasteiger partial charge in [0.1, 0.15) is 5.78 Å². The second-order valence-electron chi connectivity index (χ2n) is 4.38. The monoisotopic (exact) mass is 306 g/mol. The molecular formula is C12H12Cl2O3S. The lowest BCUT2D eigenvalue weighted by molar-refractivity contribution is -0.120. The second-order valence-corrected chi connectivity index (χ2v) is 7.42. The molecule has 0 amide bonds. The van der Waals surface area contributed by atoms with Crippen LogP contribution in [0.4, 0.5) is 0 Å². The standard InChI is InChI=1S/C12H12Cl2O3S/c13-8-4-5-11(14)12(6-8)18(16,17)10-3-1-2-9(15)7-10/h4-6,10H,1-3,7H2. The summed E-state index contributed by atoms with van der Waals surface area (Å²) in [6.45, 7) is 0. The first kappa shape index (κ1) is 13.8. The van der Waals surface area contributed by atoms with Crippen LogP contribution in [0.5, 0.6) is 0 Å². The molecule has 1 aromatic carbocycles. The maximum atomic E-state index is 12.4. The van der Waals surface area contributed by atoms with E-state index < -0.39 is 15.1 Å². The first-order chi connectivity index (χ1) is 8.41. The van der Waals surface area contributed by atoms with E-state index in [9.17, 15) is 13.2 Å². The van der Waals surface area contributed by atoms with E-state index in [-0.39, 0.29) is 22.1 Å². The van der Waals surface area contributed by atoms with Gasteiger partial charge in [0, 0.05) is 17.9 Å². The molecule has 1 saturated carbocycles. The Morgan fingerprint density at radius 3 is 2.61 bits per heavy atom. The summed E-state index contributed by atoms with van der Waals surface area (Å²) >= 11 is 11.7. The number of benzene rings is 1. The minimum Gasteiger partial charge on any atom is -0.300 e. The van der Waals surface area contributed by atoms with Gasteiger partial charge in [-0.05, 0) is 31.0 Å². The molecule has 6 heteroatoms. The molecule has 2 rings (SSSR count). The highest BCUT2D eigenvalue weighted by Gasteiger charge is 2.33. The average molecular weight is 307 g/mol. The van der Waals surface area contributed by atoms with Gasteiger partial charge in [-0.3, -0.25) is 4.79 Å². The van der Waals surface area contributed by atoms with Crippen molar-refractivity contribution in [3.05, 3.63) is 28.2 Å². The summed E-state index contributed by atoms with van der Waals surface area (Å²) in [4.78, 5) is 11.4. The lowest BCUT2D eigenvalue weighted by atomic mass is 9.99. The molecule has 0 radical (unpaired) electrons. The molecule has 0 heterocycles. The third kappa shape index (κ3) is 2.71. The van der Waals surface area contributed by atoms with E-state index in [4.69, 9.17) is 23.2 Å². The van der Waals surface area contributed by atoms with Crippen LogP contribution in [0, 0.1) is 0 Å². The van der Waals surface area contributed by atoms with Gasteiger partial charge in [-0.1, -0.05) is 23.2 Å². The summed E-state index contributed by atoms with van der Waals surface area (Å²) in [5.41, 5.74) is 0. The van der Waals surface area contributed by atoms with Gasteiger partial charge in [0.25, 0.3) is 0 Å². The number of ketones is 1. The maximum Gasteiger partial charge on any atom is 0.183 e. The molecule has 0 aromatic heterocycles. The van der Waals surface area contributed by atoms with Crippen molar-refractivity contribution in [3.63, 3.8) is 0 Å². The molecule has 1 aliphatic carbocycles. The Kier molecular flexibility index (Phi) is 3.99. The van der Waals surface area contributed by atoms with Crippen molar-refractivity contribution in [3.8, 4) is 0 Å². The Morgan fingerprint density at radius 2 is 1.94 bits per heavy atom. The number of carbonyl (C=O) groups excluding carboxylic acids is 1. The number of carbonyl (C=O) groups is 1. The van der Waals surface area contributed by atoms with Crippen LogP contribution in [0.2, 0.25) is 10.0 Å². The Labute approximate surface area is 116 Å². The maximum absolute atomic E-state index is 12.4. The zero-order chi connectivity index (χ0) is 13.3. The molecule has 3 nitrogen and oxygen atoms in total. The smallest absolute Gasteiger partial charge is 0.183 e. The zero-order valence-corrected chi connectivity index (χ0v) is 11.9. The lowest BCUT2D eigenvalue weighted by Crippen LogP contribution is -2.28. The number of sulfone groups is 1. The molecule has 0 N–H and O–H groups in total. The van der Waals surface area contributed by atoms with E-state index in [1.54, 1.807) is 0 Å². The van der Waals surface area contributed by atoms with E-state index >= 15 is 0 Å². The van der Waals surface area contributed by atoms with Crippen LogP contribution in [-0.4, -0.2) is 19.5 Å². The quantitative estimate of drug-likeness (QED) is 0.842. The van der Waals surface area contributed by atoms with Crippen LogP contribution in [0.15, 0.2) is 23.1 Å². The molecule has 1 aromatic rings. The summed E-state index contributed by atoms with van der Waals surface area (Å²) in [6.07, 6.45) is 1.65. The Morgan fingerprint density at radius 1 is 1.22 bits per heavy atom. The van der Waals surface area contributed by atoms with Gasteiger partial charge in [-0.25, -0.2) is 8.42 Å². The van der Waals surface area contributed by atoms with Gasteiger partial charge in [-0.15, -0.1) is 0 Å². The average Bonchev–Trinajstić information content (AvgIpc) is 2.32. The molecular weight excluding hydrogens is 295 g/mol. The first-order valence-corrected chi connectivity index (χ1v) is 7.92. The molecule has 0 bridgehead atoms. The number of halogens is 2. The van der Waals surface area contributed by atoms with Crippen molar-refractivity contribution in [1.82, 2.24) is 0 Å². The highest BCUT2D eigenvalue weighted by Crippen LogP contribution is 2.32. The molecule has 0 spiro atoms. The van der Waals surface area contributed by atoms with Gasteiger partial charge >= 0.3 is 0 Å². The van der Waals surface area contributed by atoms with Crippen molar-refractivity contribution >= 4 is 38.8 Å². The first-order valence-electron chi connectivity index (χ1n) is 5.62. The molecule has 1 atom stereocenters. The number of hydrogen-bond acceptors (Lipinski definition) is 3. The third-order valence-corrected chi connectivity index (χ3v) is 5.98. The van der Waals surface area contributed by atoms with Crippen LogP contribution in [0.25, 0.3) is 0 Å². The Bertz CT molecular complexity index is 581. The predicted molar refractivity (Wildman–Crippen MR) is 70.9 cm³/mol. The highest BCUT2D eigenvalue weighted by molar-refractivity contribution is 7.92. The minimum atomic E-state index is -3.59. The molecule has 98 valence electrons. The van der Waals surface area contributed by atoms with Gasteiger partial charge in [0.2, 0.25) is 0 Å². The lowest BCUT2D eigenvalue weighted by Gasteiger charge is -2.21. The second kappa shape index (κ2) is 5.19. The largest absolute Gasteiger partial charge is 0.300 e. The zero-order valence-electron chi connectivity index (χ0n) is 9.53. The molecule has 1 aliphatic rings. The fourth-order valence-corrected chi connectivity index (χ4v) is 4.67. The summed E-state index contributed by atoms with van der Waals surface area (Å²) in [5.74, 6) is -0.00650. The van der Waals surface area contributed by atoms with Gasteiger partial charge in [0.15, 0.2) is 9.84 Å². The van der Waals surface area contributed by atoms with E-state index in [1.165, 1.54) is 18.2 Å². The van der Waals surface area contributed by atoms with Gasteiger partial charge < -0.3 is 0 Å². The van der Waals surface area contributed by atoms with Crippen molar-refractivity contribution in [2.45, 2.75) is 35.8 Å². The summed E-state index contributed by atoms with van der Waals surface area (Å²) in [7, 11) is -3.59. The number of Topliss-reactive ketones (excluding diaryl/α,β-unsaturated/α-hetero) is 1. The van der Waals surface area contributed by atoms with Crippen molar-refractivity contribution in [2.24, 2.45) is 0 Å². The summed E-state index contributed by atoms with van der Waals surface area (Å²) in [6, 6.07) is 4.34. The van der Waals surface area contributed by atoms with E-state index in [1.807, 2.05) is 0 Å². The summed E-state index contributed by atoms with van der Waals surface area (Å²) < 4.78 is 24.8. The SMILES string of the molecule is O=C1CCCC(S(=O)(=O)c2cc(Cl)ccc2Cl)C1. The Balaban J connectivity index is 2.41. The molecule has 18 heavy (non-hydrogen) atoms. The predicted octanol–water partition coefficient (Wildman–Crippen LogP) is 3.28. The summed E-state index contributed by atoms with van der Waals surface area (Å²) in [5, 5.41) is -0.202. The third-order valence-electron chi connectivity index (χ3n) is 3.08. The Hall–Kier alpha value is -0.580. The normalized spacial score (nSPS) is 21.0. The molecule has 1 unspecified atom stereocenters. The van der Waals surface area contributed by atoms with Crippen molar-refractivity contribution < 1.29 is 13.2 Å². The van der Waals surface area contributed by atoms with Crippen molar-refractivity contribution in [1.29, 1.82) is 0 Å². The highest BCUT2D eigenvalue weighted by atomic mass is 35.5. The number of rotatable bonds is 2. The molecule has 0 aliphatic heterocycles. The van der Waals surface area contributed by atoms with Crippen molar-refractivity contribution in [2.75, 3.05) is 0 Å². The van der Waals surface area contributed by atoms with Crippen LogP contribution in [0.3, 0.4) is 0 Å². The fraction of sp³-hybridized carbons (Fsp3) is 0.417. The minimum absolute atomic E-state index is 0.00650. The van der Waals surface area contributed by atoms with Gasteiger partial charge in [0.05, 0.1) is 15.2 Å². The van der Waals surface area contributed by atoms with Gasteiger partial charge in [-0.2, -0.15) is 0 Å². The van der Waals surface area contributed by atoms with E-state index in [2.05, 4.69) is 0 Å². The number of hydrogen-bond donors (Lipinski definition) is 0. The van der Waals surface area contributed by atoms with Crippen LogP contribution >= 0.6 is 23.2 Å². The van der Waals surface area contributed by atoms with Crippen LogP contribution in [0.1, 0.15) is 25.7 Å². The van der Waals surface area contributed by atoms with Crippen LogP contribution < -0.4 is 0 Å². The van der Waals surface area contributed by atoms with Crippen LogP contribution in [-0.2, 0) is 14.6 Å².